The molecule has 1 fully saturated rings. The molecule has 0 bridgehead atoms. The molecule has 1 aromatic carbocycles. The van der Waals surface area contributed by atoms with Gasteiger partial charge in [0.15, 0.2) is 0 Å². The van der Waals surface area contributed by atoms with Gasteiger partial charge >= 0.3 is 0 Å². The van der Waals surface area contributed by atoms with Crippen LogP contribution in [0.5, 0.6) is 0 Å². The van der Waals surface area contributed by atoms with E-state index in [9.17, 15) is 0 Å². The van der Waals surface area contributed by atoms with Gasteiger partial charge in [0.1, 0.15) is 11.3 Å². The first-order valence-electron chi connectivity index (χ1n) is 7.64. The summed E-state index contributed by atoms with van der Waals surface area (Å²) in [6, 6.07) is 10.3. The second-order valence-corrected chi connectivity index (χ2v) is 5.56. The SMILES string of the molecule is CCNC(c1cc2ccccc2o1)C1(OC)CCOCC1. The van der Waals surface area contributed by atoms with Crippen molar-refractivity contribution in [3.8, 4) is 0 Å². The Kier molecular flexibility index (Phi) is 4.29. The van der Waals surface area contributed by atoms with Gasteiger partial charge in [0.05, 0.1) is 11.6 Å². The molecular formula is C17H23NO3. The number of hydrogen-bond donors (Lipinski definition) is 1. The van der Waals surface area contributed by atoms with Gasteiger partial charge in [0.2, 0.25) is 0 Å². The molecule has 1 N–H and O–H groups in total. The van der Waals surface area contributed by atoms with E-state index in [-0.39, 0.29) is 11.6 Å². The molecule has 1 atom stereocenters. The third kappa shape index (κ3) is 2.71. The molecule has 0 radical (unpaired) electrons. The average Bonchev–Trinajstić information content (AvgIpc) is 2.96. The fourth-order valence-electron chi connectivity index (χ4n) is 3.22. The molecule has 0 saturated carbocycles. The van der Waals surface area contributed by atoms with Gasteiger partial charge in [-0.25, -0.2) is 0 Å². The molecular weight excluding hydrogens is 266 g/mol. The van der Waals surface area contributed by atoms with Crippen LogP contribution in [-0.2, 0) is 9.47 Å². The average molecular weight is 289 g/mol. The Morgan fingerprint density at radius 2 is 2.05 bits per heavy atom. The quantitative estimate of drug-likeness (QED) is 0.917. The van der Waals surface area contributed by atoms with Crippen LogP contribution in [0.1, 0.15) is 31.6 Å². The highest BCUT2D eigenvalue weighted by Gasteiger charge is 2.42. The van der Waals surface area contributed by atoms with Crippen LogP contribution in [0.15, 0.2) is 34.7 Å². The number of furan rings is 1. The van der Waals surface area contributed by atoms with E-state index in [1.54, 1.807) is 7.11 Å². The normalized spacial score (nSPS) is 19.7. The van der Waals surface area contributed by atoms with Crippen molar-refractivity contribution in [1.82, 2.24) is 5.32 Å². The zero-order valence-electron chi connectivity index (χ0n) is 12.7. The fourth-order valence-corrected chi connectivity index (χ4v) is 3.22. The molecule has 114 valence electrons. The van der Waals surface area contributed by atoms with Crippen LogP contribution in [0.2, 0.25) is 0 Å². The molecule has 21 heavy (non-hydrogen) atoms. The van der Waals surface area contributed by atoms with Crippen LogP contribution >= 0.6 is 0 Å². The van der Waals surface area contributed by atoms with Crippen molar-refractivity contribution >= 4 is 11.0 Å². The van der Waals surface area contributed by atoms with E-state index in [2.05, 4.69) is 24.4 Å². The fraction of sp³-hybridized carbons (Fsp3) is 0.529. The molecule has 1 unspecified atom stereocenters. The van der Waals surface area contributed by atoms with Crippen molar-refractivity contribution in [1.29, 1.82) is 0 Å². The number of nitrogens with one attached hydrogen (secondary N) is 1. The third-order valence-corrected chi connectivity index (χ3v) is 4.41. The van der Waals surface area contributed by atoms with Crippen LogP contribution in [0, 0.1) is 0 Å². The summed E-state index contributed by atoms with van der Waals surface area (Å²) < 4.78 is 17.5. The lowest BCUT2D eigenvalue weighted by molar-refractivity contribution is -0.114. The predicted octanol–water partition coefficient (Wildman–Crippen LogP) is 3.28. The molecule has 4 nitrogen and oxygen atoms in total. The first-order chi connectivity index (χ1) is 10.3. The summed E-state index contributed by atoms with van der Waals surface area (Å²) in [5.74, 6) is 0.946. The molecule has 2 heterocycles. The number of ether oxygens (including phenoxy) is 2. The van der Waals surface area contributed by atoms with Crippen molar-refractivity contribution < 1.29 is 13.9 Å². The van der Waals surface area contributed by atoms with Crippen LogP contribution in [0.25, 0.3) is 11.0 Å². The standard InChI is InChI=1S/C17H23NO3/c1-3-18-16(17(19-2)8-10-20-11-9-17)15-12-13-6-4-5-7-14(13)21-15/h4-7,12,16,18H,3,8-11H2,1-2H3. The Balaban J connectivity index is 1.99. The van der Waals surface area contributed by atoms with E-state index in [0.717, 1.165) is 49.3 Å². The molecule has 1 aliphatic rings. The second kappa shape index (κ2) is 6.18. The Labute approximate surface area is 125 Å². The van der Waals surface area contributed by atoms with Gasteiger partial charge in [-0.2, -0.15) is 0 Å². The zero-order valence-corrected chi connectivity index (χ0v) is 12.7. The van der Waals surface area contributed by atoms with Crippen LogP contribution in [0.4, 0.5) is 0 Å². The number of benzene rings is 1. The van der Waals surface area contributed by atoms with E-state index >= 15 is 0 Å². The van der Waals surface area contributed by atoms with Gasteiger partial charge < -0.3 is 19.2 Å². The van der Waals surface area contributed by atoms with Gasteiger partial charge in [0.25, 0.3) is 0 Å². The summed E-state index contributed by atoms with van der Waals surface area (Å²) in [6.45, 7) is 4.44. The van der Waals surface area contributed by atoms with E-state index in [4.69, 9.17) is 13.9 Å². The van der Waals surface area contributed by atoms with Crippen LogP contribution in [-0.4, -0.2) is 32.5 Å². The maximum atomic E-state index is 6.08. The van der Waals surface area contributed by atoms with Gasteiger partial charge in [-0.1, -0.05) is 25.1 Å². The van der Waals surface area contributed by atoms with Gasteiger partial charge in [0, 0.05) is 38.6 Å². The van der Waals surface area contributed by atoms with Gasteiger partial charge in [-0.05, 0) is 18.7 Å². The molecule has 0 aliphatic carbocycles. The molecule has 1 saturated heterocycles. The summed E-state index contributed by atoms with van der Waals surface area (Å²) in [5.41, 5.74) is 0.663. The predicted molar refractivity (Wildman–Crippen MR) is 82.4 cm³/mol. The summed E-state index contributed by atoms with van der Waals surface area (Å²) in [5, 5.41) is 4.68. The number of methoxy groups -OCH3 is 1. The summed E-state index contributed by atoms with van der Waals surface area (Å²) in [7, 11) is 1.79. The van der Waals surface area contributed by atoms with Crippen LogP contribution in [0.3, 0.4) is 0 Å². The number of fused-ring (bicyclic) bond motifs is 1. The Morgan fingerprint density at radius 3 is 2.71 bits per heavy atom. The zero-order chi connectivity index (χ0) is 14.7. The van der Waals surface area contributed by atoms with E-state index in [1.807, 2.05) is 18.2 Å². The maximum absolute atomic E-state index is 6.08. The van der Waals surface area contributed by atoms with E-state index in [0.29, 0.717) is 0 Å². The molecule has 0 amide bonds. The van der Waals surface area contributed by atoms with Gasteiger partial charge in [-0.15, -0.1) is 0 Å². The number of hydrogen-bond acceptors (Lipinski definition) is 4. The Hall–Kier alpha value is -1.36. The van der Waals surface area contributed by atoms with Crippen molar-refractivity contribution in [2.45, 2.75) is 31.4 Å². The summed E-state index contributed by atoms with van der Waals surface area (Å²) in [6.07, 6.45) is 1.75. The Bertz CT molecular complexity index is 553. The summed E-state index contributed by atoms with van der Waals surface area (Å²) in [4.78, 5) is 0. The molecule has 2 aromatic rings. The minimum Gasteiger partial charge on any atom is -0.459 e. The lowest BCUT2D eigenvalue weighted by Gasteiger charge is -2.41. The molecule has 1 aromatic heterocycles. The third-order valence-electron chi connectivity index (χ3n) is 4.41. The topological polar surface area (TPSA) is 43.6 Å². The highest BCUT2D eigenvalue weighted by atomic mass is 16.5. The first kappa shape index (κ1) is 14.6. The van der Waals surface area contributed by atoms with Gasteiger partial charge in [-0.3, -0.25) is 0 Å². The molecule has 4 heteroatoms. The molecule has 3 rings (SSSR count). The van der Waals surface area contributed by atoms with Crippen molar-refractivity contribution in [2.24, 2.45) is 0 Å². The first-order valence-corrected chi connectivity index (χ1v) is 7.64. The van der Waals surface area contributed by atoms with E-state index in [1.165, 1.54) is 0 Å². The second-order valence-electron chi connectivity index (χ2n) is 5.56. The molecule has 0 spiro atoms. The lowest BCUT2D eigenvalue weighted by Crippen LogP contribution is -2.49. The van der Waals surface area contributed by atoms with Crippen molar-refractivity contribution in [3.05, 3.63) is 36.1 Å². The minimum atomic E-state index is -0.262. The highest BCUT2D eigenvalue weighted by Crippen LogP contribution is 2.39. The number of para-hydroxylation sites is 1. The Morgan fingerprint density at radius 1 is 1.29 bits per heavy atom. The highest BCUT2D eigenvalue weighted by molar-refractivity contribution is 5.77. The van der Waals surface area contributed by atoms with Crippen LogP contribution < -0.4 is 5.32 Å². The number of likely N-dealkylation sites (N-methyl/N-ethyl adjacent to an activating group) is 1. The molecule has 1 aliphatic heterocycles. The smallest absolute Gasteiger partial charge is 0.134 e. The lowest BCUT2D eigenvalue weighted by atomic mass is 9.84. The maximum Gasteiger partial charge on any atom is 0.134 e. The monoisotopic (exact) mass is 289 g/mol. The van der Waals surface area contributed by atoms with Crippen molar-refractivity contribution in [2.75, 3.05) is 26.9 Å². The van der Waals surface area contributed by atoms with E-state index < -0.39 is 0 Å². The largest absolute Gasteiger partial charge is 0.459 e. The minimum absolute atomic E-state index is 0.0452. The van der Waals surface area contributed by atoms with Crippen molar-refractivity contribution in [3.63, 3.8) is 0 Å². The summed E-state index contributed by atoms with van der Waals surface area (Å²) >= 11 is 0. The number of rotatable bonds is 5.